The van der Waals surface area contributed by atoms with E-state index in [2.05, 4.69) is 0 Å². The highest BCUT2D eigenvalue weighted by Gasteiger charge is 2.34. The molecule has 1 aromatic heterocycles. The fourth-order valence-corrected chi connectivity index (χ4v) is 2.99. The summed E-state index contributed by atoms with van der Waals surface area (Å²) in [5.74, 6) is 1.10. The number of amides is 2. The van der Waals surface area contributed by atoms with Crippen LogP contribution in [0, 0.1) is 0 Å². The smallest absolute Gasteiger partial charge is 0.290 e. The molecule has 1 saturated heterocycles. The van der Waals surface area contributed by atoms with Gasteiger partial charge in [-0.1, -0.05) is 0 Å². The van der Waals surface area contributed by atoms with Crippen molar-refractivity contribution < 1.29 is 23.5 Å². The van der Waals surface area contributed by atoms with E-state index in [0.717, 1.165) is 11.4 Å². The minimum absolute atomic E-state index is 0.00629. The molecular weight excluding hydrogens is 336 g/mol. The number of piperazine rings is 1. The van der Waals surface area contributed by atoms with Crippen LogP contribution < -0.4 is 9.64 Å². The van der Waals surface area contributed by atoms with Gasteiger partial charge in [0, 0.05) is 25.4 Å². The summed E-state index contributed by atoms with van der Waals surface area (Å²) < 4.78 is 15.6. The van der Waals surface area contributed by atoms with Crippen molar-refractivity contribution in [3.05, 3.63) is 47.9 Å². The lowest BCUT2D eigenvalue weighted by Crippen LogP contribution is -2.57. The van der Waals surface area contributed by atoms with E-state index in [9.17, 15) is 9.59 Å². The first-order valence-electron chi connectivity index (χ1n) is 8.36. The van der Waals surface area contributed by atoms with E-state index in [-0.39, 0.29) is 30.2 Å². The third-order valence-electron chi connectivity index (χ3n) is 4.39. The maximum atomic E-state index is 12.7. The van der Waals surface area contributed by atoms with Crippen LogP contribution in [0.3, 0.4) is 0 Å². The van der Waals surface area contributed by atoms with Crippen LogP contribution in [-0.2, 0) is 16.1 Å². The van der Waals surface area contributed by atoms with Gasteiger partial charge < -0.3 is 23.7 Å². The molecule has 7 heteroatoms. The lowest BCUT2D eigenvalue weighted by atomic mass is 10.1. The summed E-state index contributed by atoms with van der Waals surface area (Å²) in [7, 11) is 3.16. The molecular formula is C19H22N2O5. The van der Waals surface area contributed by atoms with E-state index in [1.165, 1.54) is 4.90 Å². The first-order valence-corrected chi connectivity index (χ1v) is 8.36. The summed E-state index contributed by atoms with van der Waals surface area (Å²) >= 11 is 0. The second kappa shape index (κ2) is 7.61. The molecule has 1 fully saturated rings. The molecule has 26 heavy (non-hydrogen) atoms. The van der Waals surface area contributed by atoms with Crippen LogP contribution in [0.5, 0.6) is 5.75 Å². The Labute approximate surface area is 152 Å². The maximum Gasteiger partial charge on any atom is 0.290 e. The fourth-order valence-electron chi connectivity index (χ4n) is 2.99. The number of nitrogens with zero attached hydrogens (tertiary/aromatic N) is 2. The Morgan fingerprint density at radius 1 is 1.19 bits per heavy atom. The number of furan rings is 1. The molecule has 1 atom stereocenters. The van der Waals surface area contributed by atoms with E-state index >= 15 is 0 Å². The zero-order valence-electron chi connectivity index (χ0n) is 15.1. The van der Waals surface area contributed by atoms with Gasteiger partial charge in [0.15, 0.2) is 5.76 Å². The highest BCUT2D eigenvalue weighted by Crippen LogP contribution is 2.24. The van der Waals surface area contributed by atoms with Gasteiger partial charge >= 0.3 is 0 Å². The number of carbonyl (C=O) groups excluding carboxylic acids is 2. The number of hydrogen-bond acceptors (Lipinski definition) is 5. The Hall–Kier alpha value is -2.80. The van der Waals surface area contributed by atoms with Gasteiger partial charge in [-0.3, -0.25) is 9.59 Å². The van der Waals surface area contributed by atoms with E-state index in [0.29, 0.717) is 18.9 Å². The first-order chi connectivity index (χ1) is 12.5. The second-order valence-corrected chi connectivity index (χ2v) is 6.18. The molecule has 0 saturated carbocycles. The molecule has 2 aromatic rings. The zero-order chi connectivity index (χ0) is 18.7. The molecule has 0 N–H and O–H groups in total. The monoisotopic (exact) mass is 358 g/mol. The molecule has 0 spiro atoms. The second-order valence-electron chi connectivity index (χ2n) is 6.18. The van der Waals surface area contributed by atoms with Gasteiger partial charge in [0.05, 0.1) is 7.11 Å². The minimum Gasteiger partial charge on any atom is -0.497 e. The van der Waals surface area contributed by atoms with Crippen molar-refractivity contribution in [2.75, 3.05) is 32.2 Å². The number of methoxy groups -OCH3 is 2. The Balaban J connectivity index is 1.72. The summed E-state index contributed by atoms with van der Waals surface area (Å²) in [5.41, 5.74) is 0.787. The molecule has 1 aliphatic heterocycles. The van der Waals surface area contributed by atoms with Crippen molar-refractivity contribution in [1.82, 2.24) is 4.90 Å². The predicted octanol–water partition coefficient (Wildman–Crippen LogP) is 2.31. The highest BCUT2D eigenvalue weighted by molar-refractivity contribution is 6.01. The van der Waals surface area contributed by atoms with Crippen molar-refractivity contribution in [2.24, 2.45) is 0 Å². The molecule has 0 bridgehead atoms. The van der Waals surface area contributed by atoms with Gasteiger partial charge in [-0.2, -0.15) is 0 Å². The largest absolute Gasteiger partial charge is 0.497 e. The number of ether oxygens (including phenoxy) is 2. The summed E-state index contributed by atoms with van der Waals surface area (Å²) in [4.78, 5) is 28.5. The molecule has 1 aliphatic rings. The number of anilines is 1. The number of rotatable bonds is 5. The SMILES string of the molecule is COCc1ccc(C(=O)N2CC(=O)N(c3ccc(OC)cc3)C[C@H]2C)o1. The molecule has 7 nitrogen and oxygen atoms in total. The highest BCUT2D eigenvalue weighted by atomic mass is 16.5. The van der Waals surface area contributed by atoms with E-state index in [4.69, 9.17) is 13.9 Å². The lowest BCUT2D eigenvalue weighted by molar-refractivity contribution is -0.121. The molecule has 0 unspecified atom stereocenters. The maximum absolute atomic E-state index is 12.7. The van der Waals surface area contributed by atoms with Gasteiger partial charge in [-0.05, 0) is 43.3 Å². The Morgan fingerprint density at radius 3 is 2.58 bits per heavy atom. The zero-order valence-corrected chi connectivity index (χ0v) is 15.1. The first kappa shape index (κ1) is 18.0. The van der Waals surface area contributed by atoms with Crippen molar-refractivity contribution in [3.63, 3.8) is 0 Å². The van der Waals surface area contributed by atoms with Crippen molar-refractivity contribution in [1.29, 1.82) is 0 Å². The van der Waals surface area contributed by atoms with Gasteiger partial charge in [-0.25, -0.2) is 0 Å². The Kier molecular flexibility index (Phi) is 5.27. The molecule has 2 heterocycles. The standard InChI is InChI=1S/C19H22N2O5/c1-13-10-21(14-4-6-15(25-3)7-5-14)18(22)11-20(13)19(23)17-9-8-16(26-17)12-24-2/h4-9,13H,10-12H2,1-3H3/t13-/m1/s1. The molecule has 1 aromatic carbocycles. The average Bonchev–Trinajstić information content (AvgIpc) is 3.12. The molecule has 3 rings (SSSR count). The van der Waals surface area contributed by atoms with Gasteiger partial charge in [0.2, 0.25) is 5.91 Å². The molecule has 138 valence electrons. The predicted molar refractivity (Wildman–Crippen MR) is 95.3 cm³/mol. The van der Waals surface area contributed by atoms with Crippen LogP contribution in [0.1, 0.15) is 23.2 Å². The lowest BCUT2D eigenvalue weighted by Gasteiger charge is -2.39. The van der Waals surface area contributed by atoms with Crippen LogP contribution in [-0.4, -0.2) is 50.1 Å². The third-order valence-corrected chi connectivity index (χ3v) is 4.39. The van der Waals surface area contributed by atoms with Crippen LogP contribution in [0.4, 0.5) is 5.69 Å². The van der Waals surface area contributed by atoms with E-state index in [1.807, 2.05) is 31.2 Å². The summed E-state index contributed by atoms with van der Waals surface area (Å²) in [5, 5.41) is 0. The van der Waals surface area contributed by atoms with Gasteiger partial charge in [0.25, 0.3) is 5.91 Å². The van der Waals surface area contributed by atoms with Crippen molar-refractivity contribution in [2.45, 2.75) is 19.6 Å². The van der Waals surface area contributed by atoms with E-state index < -0.39 is 0 Å². The summed E-state index contributed by atoms with van der Waals surface area (Å²) in [6.45, 7) is 2.64. The summed E-state index contributed by atoms with van der Waals surface area (Å²) in [6, 6.07) is 10.5. The third kappa shape index (κ3) is 3.57. The number of hydrogen-bond donors (Lipinski definition) is 0. The fraction of sp³-hybridized carbons (Fsp3) is 0.368. The van der Waals surface area contributed by atoms with Crippen LogP contribution >= 0.6 is 0 Å². The van der Waals surface area contributed by atoms with Crippen LogP contribution in [0.25, 0.3) is 0 Å². The van der Waals surface area contributed by atoms with E-state index in [1.54, 1.807) is 31.3 Å². The normalized spacial score (nSPS) is 17.5. The van der Waals surface area contributed by atoms with Gasteiger partial charge in [0.1, 0.15) is 24.7 Å². The van der Waals surface area contributed by atoms with Gasteiger partial charge in [-0.15, -0.1) is 0 Å². The molecule has 0 aliphatic carbocycles. The Morgan fingerprint density at radius 2 is 1.92 bits per heavy atom. The van der Waals surface area contributed by atoms with Crippen LogP contribution in [0.15, 0.2) is 40.8 Å². The van der Waals surface area contributed by atoms with Crippen molar-refractivity contribution in [3.8, 4) is 5.75 Å². The molecule has 0 radical (unpaired) electrons. The minimum atomic E-state index is -0.289. The molecule has 2 amide bonds. The van der Waals surface area contributed by atoms with Crippen LogP contribution in [0.2, 0.25) is 0 Å². The summed E-state index contributed by atoms with van der Waals surface area (Å²) in [6.07, 6.45) is 0. The topological polar surface area (TPSA) is 72.2 Å². The van der Waals surface area contributed by atoms with Crippen molar-refractivity contribution >= 4 is 17.5 Å². The average molecular weight is 358 g/mol. The quantitative estimate of drug-likeness (QED) is 0.820. The number of carbonyl (C=O) groups is 2. The number of benzene rings is 1. The Bertz CT molecular complexity index is 783.